The summed E-state index contributed by atoms with van der Waals surface area (Å²) >= 11 is 0. The number of halogens is 4. The first-order chi connectivity index (χ1) is 6.93. The number of aromatic nitrogens is 2. The number of ether oxygens (including phenoxy) is 1. The predicted molar refractivity (Wildman–Crippen MR) is 43.2 cm³/mol. The first kappa shape index (κ1) is 11.7. The van der Waals surface area contributed by atoms with Gasteiger partial charge in [-0.15, -0.1) is 5.10 Å². The van der Waals surface area contributed by atoms with E-state index in [2.05, 4.69) is 14.9 Å². The second-order valence-corrected chi connectivity index (χ2v) is 2.87. The first-order valence-corrected chi connectivity index (χ1v) is 4.00. The van der Waals surface area contributed by atoms with Gasteiger partial charge in [0.1, 0.15) is 0 Å². The Morgan fingerprint density at radius 2 is 2.13 bits per heavy atom. The molecule has 0 spiro atoms. The number of nitrogens with zero attached hydrogens (tertiary/aromatic N) is 2. The van der Waals surface area contributed by atoms with Crippen LogP contribution in [0.15, 0.2) is 12.3 Å². The van der Waals surface area contributed by atoms with Crippen LogP contribution < -0.4 is 4.74 Å². The van der Waals surface area contributed by atoms with Crippen molar-refractivity contribution >= 4 is 0 Å². The normalized spacial score (nSPS) is 11.9. The third kappa shape index (κ3) is 3.03. The molecule has 0 atom stereocenters. The van der Waals surface area contributed by atoms with Crippen molar-refractivity contribution < 1.29 is 22.3 Å². The molecule has 1 heterocycles. The highest BCUT2D eigenvalue weighted by molar-refractivity contribution is 5.20. The van der Waals surface area contributed by atoms with Crippen LogP contribution in [0.1, 0.15) is 5.56 Å². The molecule has 0 radical (unpaired) electrons. The van der Waals surface area contributed by atoms with E-state index in [4.69, 9.17) is 0 Å². The first-order valence-electron chi connectivity index (χ1n) is 4.00. The zero-order valence-corrected chi connectivity index (χ0v) is 7.75. The van der Waals surface area contributed by atoms with Gasteiger partial charge in [0.25, 0.3) is 0 Å². The predicted octanol–water partition coefficient (Wildman–Crippen LogP) is 2.06. The van der Waals surface area contributed by atoms with Gasteiger partial charge in [-0.2, -0.15) is 13.9 Å². The molecule has 0 saturated carbocycles. The summed E-state index contributed by atoms with van der Waals surface area (Å²) in [7, 11) is 0. The van der Waals surface area contributed by atoms with E-state index in [1.165, 1.54) is 12.3 Å². The van der Waals surface area contributed by atoms with Crippen LogP contribution in [0, 0.1) is 6.92 Å². The lowest BCUT2D eigenvalue weighted by atomic mass is 10.3. The topological polar surface area (TPSA) is 35.0 Å². The highest BCUT2D eigenvalue weighted by atomic mass is 19.3. The van der Waals surface area contributed by atoms with Crippen LogP contribution in [0.3, 0.4) is 0 Å². The van der Waals surface area contributed by atoms with Gasteiger partial charge in [0.05, 0.1) is 6.20 Å². The number of alkyl halides is 4. The number of hydrogen-bond donors (Lipinski definition) is 0. The lowest BCUT2D eigenvalue weighted by molar-refractivity contribution is -0.148. The molecular weight excluding hydrogens is 216 g/mol. The van der Waals surface area contributed by atoms with E-state index >= 15 is 0 Å². The van der Waals surface area contributed by atoms with Gasteiger partial charge < -0.3 is 4.74 Å². The summed E-state index contributed by atoms with van der Waals surface area (Å²) in [6, 6.07) is 1.48. The summed E-state index contributed by atoms with van der Waals surface area (Å²) in [6.45, 7) is 0.134. The molecule has 0 bridgehead atoms. The molecule has 15 heavy (non-hydrogen) atoms. The minimum atomic E-state index is -4.18. The Morgan fingerprint density at radius 1 is 1.47 bits per heavy atom. The van der Waals surface area contributed by atoms with Gasteiger partial charge >= 0.3 is 12.3 Å². The monoisotopic (exact) mass is 224 g/mol. The van der Waals surface area contributed by atoms with Gasteiger partial charge in [0.15, 0.2) is 6.61 Å². The molecule has 1 rings (SSSR count). The highest BCUT2D eigenvalue weighted by Gasteiger charge is 2.41. The highest BCUT2D eigenvalue weighted by Crippen LogP contribution is 2.24. The molecule has 0 fully saturated rings. The minimum Gasteiger partial charge on any atom is -0.470 e. The third-order valence-corrected chi connectivity index (χ3v) is 1.60. The second kappa shape index (κ2) is 4.41. The number of rotatable bonds is 4. The van der Waals surface area contributed by atoms with Crippen molar-refractivity contribution in [2.45, 2.75) is 19.3 Å². The van der Waals surface area contributed by atoms with Crippen LogP contribution in [-0.4, -0.2) is 29.2 Å². The fourth-order valence-electron chi connectivity index (χ4n) is 0.751. The van der Waals surface area contributed by atoms with Crippen LogP contribution in [0.25, 0.3) is 0 Å². The Hall–Kier alpha value is -1.40. The SMILES string of the molecule is Cc1ccnnc1OCC(F)(F)C(F)F. The molecule has 0 unspecified atom stereocenters. The fraction of sp³-hybridized carbons (Fsp3) is 0.500. The number of aryl methyl sites for hydroxylation is 1. The van der Waals surface area contributed by atoms with E-state index in [9.17, 15) is 17.6 Å². The van der Waals surface area contributed by atoms with Crippen LogP contribution in [0.4, 0.5) is 17.6 Å². The van der Waals surface area contributed by atoms with Crippen molar-refractivity contribution in [1.82, 2.24) is 10.2 Å². The van der Waals surface area contributed by atoms with E-state index in [1.54, 1.807) is 6.92 Å². The Kier molecular flexibility index (Phi) is 3.43. The lowest BCUT2D eigenvalue weighted by Crippen LogP contribution is -2.34. The van der Waals surface area contributed by atoms with Crippen LogP contribution in [0.2, 0.25) is 0 Å². The van der Waals surface area contributed by atoms with Crippen LogP contribution in [-0.2, 0) is 0 Å². The van der Waals surface area contributed by atoms with Gasteiger partial charge in [-0.25, -0.2) is 8.78 Å². The van der Waals surface area contributed by atoms with E-state index in [-0.39, 0.29) is 5.88 Å². The Labute approximate surface area is 83.1 Å². The molecule has 3 nitrogen and oxygen atoms in total. The Morgan fingerprint density at radius 3 is 2.67 bits per heavy atom. The molecule has 7 heteroatoms. The van der Waals surface area contributed by atoms with E-state index in [1.807, 2.05) is 0 Å². The third-order valence-electron chi connectivity index (χ3n) is 1.60. The van der Waals surface area contributed by atoms with Crippen molar-refractivity contribution in [2.75, 3.05) is 6.61 Å². The molecule has 0 aromatic carbocycles. The average molecular weight is 224 g/mol. The van der Waals surface area contributed by atoms with E-state index in [0.29, 0.717) is 5.56 Å². The summed E-state index contributed by atoms with van der Waals surface area (Å²) in [5.74, 6) is -4.35. The molecule has 0 N–H and O–H groups in total. The summed E-state index contributed by atoms with van der Waals surface area (Å²) in [5, 5.41) is 6.77. The van der Waals surface area contributed by atoms with Crippen molar-refractivity contribution in [3.05, 3.63) is 17.8 Å². The molecule has 0 aliphatic heterocycles. The standard InChI is InChI=1S/C8H8F4N2O/c1-5-2-3-13-14-6(5)15-4-8(11,12)7(9)10/h2-3,7H,4H2,1H3. The maximum Gasteiger partial charge on any atom is 0.340 e. The summed E-state index contributed by atoms with van der Waals surface area (Å²) in [6.07, 6.45) is -2.41. The van der Waals surface area contributed by atoms with Gasteiger partial charge in [-0.1, -0.05) is 0 Å². The quantitative estimate of drug-likeness (QED) is 0.734. The average Bonchev–Trinajstić information content (AvgIpc) is 2.16. The minimum absolute atomic E-state index is 0.169. The molecule has 1 aromatic heterocycles. The molecule has 0 aliphatic carbocycles. The molecule has 0 amide bonds. The van der Waals surface area contributed by atoms with Gasteiger partial charge in [-0.3, -0.25) is 0 Å². The van der Waals surface area contributed by atoms with E-state index in [0.717, 1.165) is 0 Å². The lowest BCUT2D eigenvalue weighted by Gasteiger charge is -2.15. The van der Waals surface area contributed by atoms with Crippen molar-refractivity contribution in [1.29, 1.82) is 0 Å². The summed E-state index contributed by atoms with van der Waals surface area (Å²) in [4.78, 5) is 0. The maximum absolute atomic E-state index is 12.4. The zero-order chi connectivity index (χ0) is 11.5. The van der Waals surface area contributed by atoms with E-state index < -0.39 is 19.0 Å². The molecule has 0 aliphatic rings. The second-order valence-electron chi connectivity index (χ2n) is 2.87. The van der Waals surface area contributed by atoms with Crippen LogP contribution in [0.5, 0.6) is 5.88 Å². The molecular formula is C8H8F4N2O. The fourth-order valence-corrected chi connectivity index (χ4v) is 0.751. The maximum atomic E-state index is 12.4. The van der Waals surface area contributed by atoms with Crippen molar-refractivity contribution in [3.63, 3.8) is 0 Å². The summed E-state index contributed by atoms with van der Waals surface area (Å²) in [5.41, 5.74) is 0.454. The zero-order valence-electron chi connectivity index (χ0n) is 7.75. The van der Waals surface area contributed by atoms with Gasteiger partial charge in [0.2, 0.25) is 5.88 Å². The summed E-state index contributed by atoms with van der Waals surface area (Å²) < 4.78 is 52.8. The molecule has 1 aromatic rings. The Balaban J connectivity index is 2.62. The largest absolute Gasteiger partial charge is 0.470 e. The molecule has 84 valence electrons. The number of hydrogen-bond acceptors (Lipinski definition) is 3. The van der Waals surface area contributed by atoms with Crippen LogP contribution >= 0.6 is 0 Å². The van der Waals surface area contributed by atoms with Gasteiger partial charge in [-0.05, 0) is 13.0 Å². The van der Waals surface area contributed by atoms with Gasteiger partial charge in [0, 0.05) is 5.56 Å². The smallest absolute Gasteiger partial charge is 0.340 e. The van der Waals surface area contributed by atoms with Crippen molar-refractivity contribution in [2.24, 2.45) is 0 Å². The Bertz CT molecular complexity index is 332. The van der Waals surface area contributed by atoms with Crippen molar-refractivity contribution in [3.8, 4) is 5.88 Å². The molecule has 0 saturated heterocycles.